The Kier molecular flexibility index (Phi) is 4.50. The van der Waals surface area contributed by atoms with Crippen LogP contribution in [0.4, 0.5) is 0 Å². The van der Waals surface area contributed by atoms with Crippen molar-refractivity contribution >= 4 is 18.0 Å². The largest absolute Gasteiger partial charge is 0.299 e. The normalized spacial score (nSPS) is 13.3. The molecule has 64 valence electrons. The summed E-state index contributed by atoms with van der Waals surface area (Å²) in [6.45, 7) is 8.44. The van der Waals surface area contributed by atoms with E-state index in [0.29, 0.717) is 0 Å². The van der Waals surface area contributed by atoms with Crippen LogP contribution < -0.4 is 0 Å². The zero-order valence-electron chi connectivity index (χ0n) is 7.68. The fourth-order valence-electron chi connectivity index (χ4n) is 0.732. The number of allylic oxidation sites excluding steroid dienone is 2. The van der Waals surface area contributed by atoms with Gasteiger partial charge in [-0.25, -0.2) is 0 Å². The maximum atomic E-state index is 10.2. The standard InChI is InChI=1S/C9H16OS/c1-5-11-8(6-7-10)9(2,3)4/h6-7H,5H2,1-4H3/b8-6-. The van der Waals surface area contributed by atoms with Gasteiger partial charge in [0.15, 0.2) is 0 Å². The van der Waals surface area contributed by atoms with E-state index in [1.807, 2.05) is 0 Å². The van der Waals surface area contributed by atoms with E-state index in [0.717, 1.165) is 16.9 Å². The zero-order valence-corrected chi connectivity index (χ0v) is 8.49. The van der Waals surface area contributed by atoms with Crippen LogP contribution in [0.15, 0.2) is 11.0 Å². The molecular formula is C9H16OS. The summed E-state index contributed by atoms with van der Waals surface area (Å²) in [5.74, 6) is 1.02. The highest BCUT2D eigenvalue weighted by atomic mass is 32.2. The van der Waals surface area contributed by atoms with Crippen LogP contribution in [0, 0.1) is 5.41 Å². The molecule has 0 spiro atoms. The van der Waals surface area contributed by atoms with Crippen molar-refractivity contribution in [3.63, 3.8) is 0 Å². The molecule has 0 aromatic carbocycles. The lowest BCUT2D eigenvalue weighted by atomic mass is 9.96. The summed E-state index contributed by atoms with van der Waals surface area (Å²) in [5, 5.41) is 0. The summed E-state index contributed by atoms with van der Waals surface area (Å²) in [5.41, 5.74) is 0.113. The molecule has 0 aromatic rings. The Morgan fingerprint density at radius 3 is 2.27 bits per heavy atom. The van der Waals surface area contributed by atoms with E-state index in [9.17, 15) is 4.79 Å². The van der Waals surface area contributed by atoms with E-state index in [4.69, 9.17) is 0 Å². The number of carbonyl (C=O) groups excluding carboxylic acids is 1. The number of rotatable bonds is 3. The molecule has 0 bridgehead atoms. The summed E-state index contributed by atoms with van der Waals surface area (Å²) in [4.78, 5) is 11.4. The zero-order chi connectivity index (χ0) is 8.91. The van der Waals surface area contributed by atoms with Crippen LogP contribution in [0.5, 0.6) is 0 Å². The first kappa shape index (κ1) is 10.8. The number of carbonyl (C=O) groups is 1. The van der Waals surface area contributed by atoms with Crippen molar-refractivity contribution < 1.29 is 4.79 Å². The molecule has 1 nitrogen and oxygen atoms in total. The molecule has 0 saturated carbocycles. The molecule has 0 aliphatic carbocycles. The van der Waals surface area contributed by atoms with Crippen molar-refractivity contribution in [2.24, 2.45) is 5.41 Å². The third-order valence-corrected chi connectivity index (χ3v) is 2.61. The van der Waals surface area contributed by atoms with Gasteiger partial charge in [0, 0.05) is 0 Å². The minimum Gasteiger partial charge on any atom is -0.299 e. The fraction of sp³-hybridized carbons (Fsp3) is 0.667. The van der Waals surface area contributed by atoms with Crippen molar-refractivity contribution in [2.75, 3.05) is 5.75 Å². The second-order valence-electron chi connectivity index (χ2n) is 3.35. The number of hydrogen-bond donors (Lipinski definition) is 0. The maximum Gasteiger partial charge on any atom is 0.143 e. The Morgan fingerprint density at radius 1 is 1.45 bits per heavy atom. The summed E-state index contributed by atoms with van der Waals surface area (Å²) >= 11 is 1.74. The number of aldehydes is 1. The smallest absolute Gasteiger partial charge is 0.143 e. The van der Waals surface area contributed by atoms with Gasteiger partial charge in [0.05, 0.1) is 0 Å². The molecule has 0 aliphatic heterocycles. The topological polar surface area (TPSA) is 17.1 Å². The Hall–Kier alpha value is -0.240. The van der Waals surface area contributed by atoms with Gasteiger partial charge in [0.25, 0.3) is 0 Å². The first-order valence-electron chi connectivity index (χ1n) is 3.81. The van der Waals surface area contributed by atoms with Gasteiger partial charge in [-0.15, -0.1) is 11.8 Å². The van der Waals surface area contributed by atoms with E-state index in [-0.39, 0.29) is 5.41 Å². The Labute approximate surface area is 73.3 Å². The average Bonchev–Trinajstić information content (AvgIpc) is 1.85. The van der Waals surface area contributed by atoms with Crippen LogP contribution in [0.3, 0.4) is 0 Å². The molecule has 2 heteroatoms. The van der Waals surface area contributed by atoms with Crippen LogP contribution in [0.25, 0.3) is 0 Å². The third-order valence-electron chi connectivity index (χ3n) is 1.26. The average molecular weight is 172 g/mol. The SMILES string of the molecule is CCS/C(=C\C=O)C(C)(C)C. The highest BCUT2D eigenvalue weighted by Crippen LogP contribution is 2.33. The van der Waals surface area contributed by atoms with Crippen molar-refractivity contribution in [2.45, 2.75) is 27.7 Å². The highest BCUT2D eigenvalue weighted by molar-refractivity contribution is 8.03. The molecule has 0 saturated heterocycles. The van der Waals surface area contributed by atoms with Crippen LogP contribution in [-0.2, 0) is 4.79 Å². The second kappa shape index (κ2) is 4.60. The van der Waals surface area contributed by atoms with Crippen LogP contribution in [0.1, 0.15) is 27.7 Å². The molecule has 0 unspecified atom stereocenters. The molecule has 0 atom stereocenters. The maximum absolute atomic E-state index is 10.2. The van der Waals surface area contributed by atoms with Gasteiger partial charge in [0.1, 0.15) is 6.29 Å². The molecule has 0 heterocycles. The van der Waals surface area contributed by atoms with Crippen molar-refractivity contribution in [1.82, 2.24) is 0 Å². The van der Waals surface area contributed by atoms with Crippen molar-refractivity contribution in [3.05, 3.63) is 11.0 Å². The Bertz CT molecular complexity index is 153. The molecule has 0 aliphatic rings. The lowest BCUT2D eigenvalue weighted by Gasteiger charge is -2.21. The summed E-state index contributed by atoms with van der Waals surface area (Å²) in [6.07, 6.45) is 2.53. The van der Waals surface area contributed by atoms with Gasteiger partial charge in [-0.3, -0.25) is 4.79 Å². The first-order chi connectivity index (χ1) is 5.02. The Morgan fingerprint density at radius 2 is 2.00 bits per heavy atom. The first-order valence-corrected chi connectivity index (χ1v) is 4.79. The number of thioether (sulfide) groups is 1. The summed E-state index contributed by atoms with van der Waals surface area (Å²) in [7, 11) is 0. The summed E-state index contributed by atoms with van der Waals surface area (Å²) < 4.78 is 0. The minimum atomic E-state index is 0.113. The third kappa shape index (κ3) is 4.25. The monoisotopic (exact) mass is 172 g/mol. The van der Waals surface area contributed by atoms with E-state index in [1.165, 1.54) is 0 Å². The molecule has 0 N–H and O–H groups in total. The van der Waals surface area contributed by atoms with Gasteiger partial charge in [0.2, 0.25) is 0 Å². The quantitative estimate of drug-likeness (QED) is 0.481. The van der Waals surface area contributed by atoms with Gasteiger partial charge in [-0.1, -0.05) is 27.7 Å². The lowest BCUT2D eigenvalue weighted by molar-refractivity contribution is -0.104. The van der Waals surface area contributed by atoms with Gasteiger partial charge < -0.3 is 0 Å². The van der Waals surface area contributed by atoms with Crippen LogP contribution in [-0.4, -0.2) is 12.0 Å². The van der Waals surface area contributed by atoms with Crippen LogP contribution in [0.2, 0.25) is 0 Å². The predicted molar refractivity (Wildman–Crippen MR) is 51.7 cm³/mol. The predicted octanol–water partition coefficient (Wildman–Crippen LogP) is 2.87. The minimum absolute atomic E-state index is 0.113. The number of hydrogen-bond acceptors (Lipinski definition) is 2. The molecule has 11 heavy (non-hydrogen) atoms. The molecular weight excluding hydrogens is 156 g/mol. The second-order valence-corrected chi connectivity index (χ2v) is 4.66. The fourth-order valence-corrected chi connectivity index (χ4v) is 1.63. The molecule has 0 aromatic heterocycles. The van der Waals surface area contributed by atoms with Crippen molar-refractivity contribution in [1.29, 1.82) is 0 Å². The van der Waals surface area contributed by atoms with Gasteiger partial charge in [-0.05, 0) is 22.1 Å². The van der Waals surface area contributed by atoms with E-state index in [2.05, 4.69) is 27.7 Å². The van der Waals surface area contributed by atoms with E-state index < -0.39 is 0 Å². The highest BCUT2D eigenvalue weighted by Gasteiger charge is 2.15. The summed E-state index contributed by atoms with van der Waals surface area (Å²) in [6, 6.07) is 0. The van der Waals surface area contributed by atoms with Crippen molar-refractivity contribution in [3.8, 4) is 0 Å². The molecule has 0 radical (unpaired) electrons. The van der Waals surface area contributed by atoms with Crippen LogP contribution >= 0.6 is 11.8 Å². The van der Waals surface area contributed by atoms with Gasteiger partial charge >= 0.3 is 0 Å². The molecule has 0 fully saturated rings. The van der Waals surface area contributed by atoms with E-state index in [1.54, 1.807) is 17.8 Å². The molecule has 0 rings (SSSR count). The Balaban J connectivity index is 4.34. The lowest BCUT2D eigenvalue weighted by Crippen LogP contribution is -2.07. The van der Waals surface area contributed by atoms with Gasteiger partial charge in [-0.2, -0.15) is 0 Å². The molecule has 0 amide bonds. The van der Waals surface area contributed by atoms with E-state index >= 15 is 0 Å².